The van der Waals surface area contributed by atoms with Crippen LogP contribution in [0.25, 0.3) is 0 Å². The first-order valence-corrected chi connectivity index (χ1v) is 20.5. The van der Waals surface area contributed by atoms with E-state index in [4.69, 9.17) is 0 Å². The molecule has 0 radical (unpaired) electrons. The van der Waals surface area contributed by atoms with Crippen LogP contribution in [0.1, 0.15) is 0 Å². The molecule has 0 fully saturated rings. The van der Waals surface area contributed by atoms with Crippen LogP contribution in [0.4, 0.5) is 55.9 Å². The zero-order valence-electron chi connectivity index (χ0n) is 16.5. The number of halogens is 13. The SMILES string of the molecule is I.O=[N+]([O-])c1cc([N+](=O)[O-])cc(S(F)(F)(F)(F)F)c1.O=[N+]([O-])c1cccc(S(F)(F)(F)(F)F)c1.[I][V][I]. The van der Waals surface area contributed by atoms with E-state index in [9.17, 15) is 69.2 Å². The van der Waals surface area contributed by atoms with E-state index in [0.29, 0.717) is 21.6 Å². The molecule has 0 heterocycles. The molecule has 0 N–H and O–H groups in total. The Kier molecular flexibility index (Phi) is 11.6. The second-order valence-electron chi connectivity index (χ2n) is 5.96. The molecule has 0 aliphatic rings. The molecule has 9 nitrogen and oxygen atoms in total. The second-order valence-corrected chi connectivity index (χ2v) is 22.6. The van der Waals surface area contributed by atoms with Gasteiger partial charge in [0, 0.05) is 24.3 Å². The third-order valence-electron chi connectivity index (χ3n) is 3.22. The maximum atomic E-state index is 12.4. The Morgan fingerprint density at radius 3 is 1.16 bits per heavy atom. The minimum absolute atomic E-state index is 0. The first-order chi connectivity index (χ1) is 15.5. The van der Waals surface area contributed by atoms with Crippen molar-refractivity contribution in [2.75, 3.05) is 0 Å². The monoisotopic (exact) mass is 976 g/mol. The van der Waals surface area contributed by atoms with E-state index >= 15 is 0 Å². The summed E-state index contributed by atoms with van der Waals surface area (Å²) in [4.78, 5) is 21.6. The molecule has 2 aromatic carbocycles. The van der Waals surface area contributed by atoms with Gasteiger partial charge in [-0.2, -0.15) is 0 Å². The van der Waals surface area contributed by atoms with Crippen LogP contribution in [0.2, 0.25) is 0 Å². The van der Waals surface area contributed by atoms with E-state index in [0.717, 1.165) is 0 Å². The second kappa shape index (κ2) is 11.1. The minimum atomic E-state index is -10.2. The van der Waals surface area contributed by atoms with E-state index in [1.807, 2.05) is 0 Å². The molecule has 0 atom stereocenters. The molecule has 0 saturated heterocycles. The van der Waals surface area contributed by atoms with E-state index in [2.05, 4.69) is 40.0 Å². The Morgan fingerprint density at radius 2 is 0.892 bits per heavy atom. The third-order valence-corrected chi connectivity index (χ3v) is 5.49. The molecule has 0 amide bonds. The fraction of sp³-hybridized carbons (Fsp3) is 0. The Morgan fingerprint density at radius 1 is 0.595 bits per heavy atom. The first kappa shape index (κ1) is 38.6. The van der Waals surface area contributed by atoms with Crippen LogP contribution >= 0.6 is 84.4 Å². The summed E-state index contributed by atoms with van der Waals surface area (Å²) in [7, 11) is -19.4. The van der Waals surface area contributed by atoms with Gasteiger partial charge in [0.25, 0.3) is 17.1 Å². The molecular formula is C12H8F10I3N3O6S2V. The van der Waals surface area contributed by atoms with E-state index in [1.165, 1.54) is 0 Å². The van der Waals surface area contributed by atoms with Gasteiger partial charge in [-0.25, -0.2) is 0 Å². The van der Waals surface area contributed by atoms with Crippen molar-refractivity contribution < 1.29 is 63.1 Å². The van der Waals surface area contributed by atoms with Crippen molar-refractivity contribution in [2.45, 2.75) is 9.79 Å². The molecule has 2 aromatic rings. The van der Waals surface area contributed by atoms with Gasteiger partial charge in [-0.05, 0) is 6.07 Å². The molecule has 0 saturated carbocycles. The molecule has 25 heteroatoms. The van der Waals surface area contributed by atoms with Crippen molar-refractivity contribution in [3.05, 3.63) is 72.8 Å². The fourth-order valence-corrected chi connectivity index (χ4v) is 3.20. The number of non-ortho nitro benzene ring substituents is 3. The van der Waals surface area contributed by atoms with Crippen molar-refractivity contribution in [1.29, 1.82) is 0 Å². The van der Waals surface area contributed by atoms with Gasteiger partial charge in [0.1, 0.15) is 9.79 Å². The number of hydrogen-bond donors (Lipinski definition) is 0. The summed E-state index contributed by atoms with van der Waals surface area (Å²) in [6, 6.07) is 0.477. The first-order valence-electron chi connectivity index (χ1n) is 7.61. The summed E-state index contributed by atoms with van der Waals surface area (Å²) in [6.45, 7) is 0. The predicted molar refractivity (Wildman–Crippen MR) is 139 cm³/mol. The molecule has 0 aromatic heterocycles. The van der Waals surface area contributed by atoms with Crippen LogP contribution < -0.4 is 0 Å². The van der Waals surface area contributed by atoms with Gasteiger partial charge >= 0.3 is 69.9 Å². The van der Waals surface area contributed by atoms with Crippen LogP contribution in [-0.4, -0.2) is 14.8 Å². The standard InChI is InChI=1S/C6H3F5N2O4S.C6H4F5NO2S.3HI.V/c7-18(8,9,10,11)6-2-4(12(14)15)1-5(3-6)13(16)17;7-15(8,9,10,11)6-3-1-2-5(4-6)12(13)14;;;;/h1-3H;1-4H;3*1H;/q;;;;;+2/p-2. The maximum absolute atomic E-state index is 12.4. The molecule has 0 aliphatic carbocycles. The summed E-state index contributed by atoms with van der Waals surface area (Å²) in [6.07, 6.45) is 0. The van der Waals surface area contributed by atoms with Crippen LogP contribution in [0.15, 0.2) is 52.3 Å². The number of rotatable bonds is 5. The van der Waals surface area contributed by atoms with E-state index in [-0.39, 0.29) is 42.2 Å². The molecule has 215 valence electrons. The van der Waals surface area contributed by atoms with Crippen LogP contribution in [-0.2, 0) is 9.47 Å². The Bertz CT molecular complexity index is 1180. The van der Waals surface area contributed by atoms with Crippen LogP contribution in [0, 0.1) is 30.3 Å². The molecule has 0 unspecified atom stereocenters. The molecular weight excluding hydrogens is 968 g/mol. The number of nitro groups is 3. The van der Waals surface area contributed by atoms with Crippen molar-refractivity contribution >= 4 is 101 Å². The number of hydrogen-bond acceptors (Lipinski definition) is 6. The summed E-state index contributed by atoms with van der Waals surface area (Å²) >= 11 is 4.74. The van der Waals surface area contributed by atoms with Crippen molar-refractivity contribution in [1.82, 2.24) is 0 Å². The van der Waals surface area contributed by atoms with Gasteiger partial charge in [0.2, 0.25) is 0 Å². The summed E-state index contributed by atoms with van der Waals surface area (Å²) in [5, 5.41) is 30.6. The van der Waals surface area contributed by atoms with Crippen LogP contribution in [0.5, 0.6) is 0 Å². The number of nitrogens with zero attached hydrogens (tertiary/aromatic N) is 3. The summed E-state index contributed by atoms with van der Waals surface area (Å²) in [5.74, 6) is 0. The van der Waals surface area contributed by atoms with Crippen molar-refractivity contribution in [3.63, 3.8) is 0 Å². The predicted octanol–water partition coefficient (Wildman–Crippen LogP) is 10.8. The van der Waals surface area contributed by atoms with Gasteiger partial charge in [0.05, 0.1) is 20.8 Å². The Hall–Kier alpha value is -0.586. The quantitative estimate of drug-likeness (QED) is 0.127. The van der Waals surface area contributed by atoms with Gasteiger partial charge < -0.3 is 0 Å². The van der Waals surface area contributed by atoms with Crippen molar-refractivity contribution in [3.8, 4) is 0 Å². The van der Waals surface area contributed by atoms with Crippen molar-refractivity contribution in [2.24, 2.45) is 0 Å². The Balaban J connectivity index is 0. The van der Waals surface area contributed by atoms with Gasteiger partial charge in [0.15, 0.2) is 0 Å². The average Bonchev–Trinajstić information content (AvgIpc) is 2.65. The fourth-order valence-electron chi connectivity index (χ4n) is 1.84. The summed E-state index contributed by atoms with van der Waals surface area (Å²) in [5.41, 5.74) is -3.90. The Labute approximate surface area is 244 Å². The van der Waals surface area contributed by atoms with Gasteiger partial charge in [-0.3, -0.25) is 30.3 Å². The molecule has 2 rings (SSSR count). The molecule has 37 heavy (non-hydrogen) atoms. The van der Waals surface area contributed by atoms with Gasteiger partial charge in [-0.1, -0.05) is 44.9 Å². The number of benzene rings is 2. The van der Waals surface area contributed by atoms with Crippen LogP contribution in [0.3, 0.4) is 0 Å². The molecule has 0 bridgehead atoms. The molecule has 0 spiro atoms. The normalized spacial score (nSPS) is 14.7. The van der Waals surface area contributed by atoms with E-state index < -0.39 is 74.2 Å². The average molecular weight is 976 g/mol. The topological polar surface area (TPSA) is 129 Å². The zero-order valence-corrected chi connectivity index (χ0v) is 26.2. The summed E-state index contributed by atoms with van der Waals surface area (Å²) < 4.78 is 123. The van der Waals surface area contributed by atoms with Gasteiger partial charge in [-0.15, -0.1) is 24.0 Å². The third kappa shape index (κ3) is 13.9. The molecule has 0 aliphatic heterocycles. The van der Waals surface area contributed by atoms with E-state index in [1.54, 1.807) is 0 Å². The zero-order chi connectivity index (χ0) is 29.1. The number of nitro benzene ring substituents is 3.